The Labute approximate surface area is 107 Å². The Balaban J connectivity index is 2.43. The van der Waals surface area contributed by atoms with Gasteiger partial charge in [0.05, 0.1) is 11.1 Å². The van der Waals surface area contributed by atoms with Crippen LogP contribution in [0.3, 0.4) is 0 Å². The monoisotopic (exact) mass is 255 g/mol. The number of aromatic amines is 1. The Morgan fingerprint density at radius 2 is 1.74 bits per heavy atom. The zero-order valence-electron chi connectivity index (χ0n) is 9.98. The van der Waals surface area contributed by atoms with Gasteiger partial charge >= 0.3 is 0 Å². The van der Waals surface area contributed by atoms with Gasteiger partial charge in [0.25, 0.3) is 5.56 Å². The van der Waals surface area contributed by atoms with E-state index in [4.69, 9.17) is 0 Å². The number of hydrogen-bond acceptors (Lipinski definition) is 4. The molecule has 0 bridgehead atoms. The second-order valence-corrected chi connectivity index (χ2v) is 4.39. The Kier molecular flexibility index (Phi) is 2.19. The highest BCUT2D eigenvalue weighted by atomic mass is 16.3. The van der Waals surface area contributed by atoms with E-state index in [9.17, 15) is 19.5 Å². The van der Waals surface area contributed by atoms with Gasteiger partial charge in [-0.25, -0.2) is 0 Å². The summed E-state index contributed by atoms with van der Waals surface area (Å²) in [5.74, 6) is -1.12. The molecule has 94 valence electrons. The zero-order chi connectivity index (χ0) is 13.7. The number of benzene rings is 1. The Bertz CT molecular complexity index is 802. The number of aromatic hydroxyl groups is 1. The summed E-state index contributed by atoms with van der Waals surface area (Å²) >= 11 is 0. The number of hydrogen-bond donors (Lipinski definition) is 2. The molecule has 0 saturated carbocycles. The molecule has 3 rings (SSSR count). The van der Waals surface area contributed by atoms with Gasteiger partial charge in [0, 0.05) is 22.9 Å². The molecule has 1 aromatic carbocycles. The van der Waals surface area contributed by atoms with E-state index < -0.39 is 11.3 Å². The Morgan fingerprint density at radius 3 is 2.47 bits per heavy atom. The molecule has 1 aromatic heterocycles. The minimum atomic E-state index is -0.494. The molecule has 1 aliphatic carbocycles. The summed E-state index contributed by atoms with van der Waals surface area (Å²) in [5.41, 5.74) is 0.129. The van der Waals surface area contributed by atoms with Gasteiger partial charge in [-0.05, 0) is 13.0 Å². The highest BCUT2D eigenvalue weighted by molar-refractivity contribution is 6.29. The number of pyridine rings is 1. The van der Waals surface area contributed by atoms with Gasteiger partial charge in [-0.3, -0.25) is 14.4 Å². The lowest BCUT2D eigenvalue weighted by Gasteiger charge is -2.18. The summed E-state index contributed by atoms with van der Waals surface area (Å²) in [5, 5.41) is 9.77. The van der Waals surface area contributed by atoms with Crippen molar-refractivity contribution in [2.24, 2.45) is 0 Å². The van der Waals surface area contributed by atoms with Crippen LogP contribution in [0.15, 0.2) is 29.2 Å². The van der Waals surface area contributed by atoms with Crippen LogP contribution >= 0.6 is 0 Å². The van der Waals surface area contributed by atoms with E-state index in [2.05, 4.69) is 4.98 Å². The predicted molar refractivity (Wildman–Crippen MR) is 66.8 cm³/mol. The van der Waals surface area contributed by atoms with Crippen molar-refractivity contribution in [3.63, 3.8) is 0 Å². The maximum absolute atomic E-state index is 12.4. The summed E-state index contributed by atoms with van der Waals surface area (Å²) in [6, 6.07) is 4.33. The smallest absolute Gasteiger partial charge is 0.251 e. The van der Waals surface area contributed by atoms with E-state index in [0.717, 1.165) is 0 Å². The molecule has 0 spiro atoms. The Hall–Kier alpha value is -2.69. The Morgan fingerprint density at radius 1 is 1.00 bits per heavy atom. The number of H-pyrrole nitrogens is 1. The minimum absolute atomic E-state index is 0.0336. The van der Waals surface area contributed by atoms with Crippen molar-refractivity contribution < 1.29 is 14.7 Å². The first-order valence-electron chi connectivity index (χ1n) is 5.66. The number of phenolic OH excluding ortho intramolecular Hbond substituents is 1. The molecule has 0 aliphatic heterocycles. The molecule has 0 unspecified atom stereocenters. The van der Waals surface area contributed by atoms with Crippen molar-refractivity contribution in [1.82, 2.24) is 4.98 Å². The van der Waals surface area contributed by atoms with Crippen molar-refractivity contribution in [3.8, 4) is 5.75 Å². The summed E-state index contributed by atoms with van der Waals surface area (Å²) in [6.07, 6.45) is 1.25. The number of carbonyl (C=O) groups excluding carboxylic acids is 2. The van der Waals surface area contributed by atoms with Crippen molar-refractivity contribution in [3.05, 3.63) is 62.6 Å². The molecule has 2 aromatic rings. The normalized spacial score (nSPS) is 13.1. The maximum atomic E-state index is 12.4. The van der Waals surface area contributed by atoms with E-state index >= 15 is 0 Å². The number of phenols is 1. The fraction of sp³-hybridized carbons (Fsp3) is 0.0714. The van der Waals surface area contributed by atoms with Crippen LogP contribution in [0, 0.1) is 6.92 Å². The SMILES string of the molecule is Cc1c2c(c[nH]c1=O)C(=O)c1cccc(O)c1C2=O. The molecular weight excluding hydrogens is 246 g/mol. The van der Waals surface area contributed by atoms with Crippen molar-refractivity contribution in [2.75, 3.05) is 0 Å². The van der Waals surface area contributed by atoms with Crippen LogP contribution in [0.25, 0.3) is 0 Å². The lowest BCUT2D eigenvalue weighted by atomic mass is 9.83. The molecule has 0 saturated heterocycles. The van der Waals surface area contributed by atoms with Crippen LogP contribution in [0.2, 0.25) is 0 Å². The second kappa shape index (κ2) is 3.65. The molecule has 1 aliphatic rings. The molecule has 0 radical (unpaired) electrons. The van der Waals surface area contributed by atoms with Gasteiger partial charge < -0.3 is 10.1 Å². The summed E-state index contributed by atoms with van der Waals surface area (Å²) < 4.78 is 0. The van der Waals surface area contributed by atoms with Gasteiger partial charge in [-0.15, -0.1) is 0 Å². The molecule has 5 nitrogen and oxygen atoms in total. The summed E-state index contributed by atoms with van der Waals surface area (Å²) in [6.45, 7) is 1.48. The standard InChI is InChI=1S/C14H9NO4/c1-6-10-8(5-15-14(6)19)12(17)7-3-2-4-9(16)11(7)13(10)18/h2-5,16H,1H3,(H,15,19). The second-order valence-electron chi connectivity index (χ2n) is 4.39. The third-order valence-corrected chi connectivity index (χ3v) is 3.32. The molecule has 0 amide bonds. The van der Waals surface area contributed by atoms with Crippen LogP contribution < -0.4 is 5.56 Å². The van der Waals surface area contributed by atoms with Crippen LogP contribution in [-0.4, -0.2) is 21.7 Å². The third kappa shape index (κ3) is 1.38. The highest BCUT2D eigenvalue weighted by Crippen LogP contribution is 2.32. The van der Waals surface area contributed by atoms with E-state index in [1.807, 2.05) is 0 Å². The third-order valence-electron chi connectivity index (χ3n) is 3.32. The van der Waals surface area contributed by atoms with E-state index in [1.165, 1.54) is 31.3 Å². The number of aromatic nitrogens is 1. The lowest BCUT2D eigenvalue weighted by Crippen LogP contribution is -2.26. The van der Waals surface area contributed by atoms with Gasteiger partial charge in [0.15, 0.2) is 11.6 Å². The number of rotatable bonds is 0. The van der Waals surface area contributed by atoms with Crippen molar-refractivity contribution in [2.45, 2.75) is 6.92 Å². The fourth-order valence-electron chi connectivity index (χ4n) is 2.34. The van der Waals surface area contributed by atoms with Crippen LogP contribution in [0.4, 0.5) is 0 Å². The predicted octanol–water partition coefficient (Wildman–Crippen LogP) is 1.16. The van der Waals surface area contributed by atoms with Gasteiger partial charge in [0.1, 0.15) is 5.75 Å². The van der Waals surface area contributed by atoms with Crippen LogP contribution in [0.5, 0.6) is 5.75 Å². The molecule has 2 N–H and O–H groups in total. The molecule has 19 heavy (non-hydrogen) atoms. The van der Waals surface area contributed by atoms with Gasteiger partial charge in [-0.2, -0.15) is 0 Å². The number of carbonyl (C=O) groups is 2. The minimum Gasteiger partial charge on any atom is -0.507 e. The lowest BCUT2D eigenvalue weighted by molar-refractivity contribution is 0.0975. The average Bonchev–Trinajstić information content (AvgIpc) is 2.39. The molecule has 0 atom stereocenters. The van der Waals surface area contributed by atoms with E-state index in [1.54, 1.807) is 0 Å². The van der Waals surface area contributed by atoms with Crippen LogP contribution in [0.1, 0.15) is 37.4 Å². The topological polar surface area (TPSA) is 87.2 Å². The largest absolute Gasteiger partial charge is 0.507 e. The zero-order valence-corrected chi connectivity index (χ0v) is 9.98. The molecule has 5 heteroatoms. The molecule has 1 heterocycles. The average molecular weight is 255 g/mol. The summed E-state index contributed by atoms with van der Waals surface area (Å²) in [4.78, 5) is 38.7. The molecule has 0 fully saturated rings. The highest BCUT2D eigenvalue weighted by Gasteiger charge is 2.33. The van der Waals surface area contributed by atoms with E-state index in [0.29, 0.717) is 0 Å². The first kappa shape index (κ1) is 11.4. The number of ketones is 2. The number of nitrogens with one attached hydrogen (secondary N) is 1. The van der Waals surface area contributed by atoms with Gasteiger partial charge in [0.2, 0.25) is 0 Å². The maximum Gasteiger partial charge on any atom is 0.251 e. The molecular formula is C14H9NO4. The van der Waals surface area contributed by atoms with Crippen molar-refractivity contribution in [1.29, 1.82) is 0 Å². The summed E-state index contributed by atoms with van der Waals surface area (Å²) in [7, 11) is 0. The fourth-order valence-corrected chi connectivity index (χ4v) is 2.34. The van der Waals surface area contributed by atoms with Gasteiger partial charge in [-0.1, -0.05) is 12.1 Å². The van der Waals surface area contributed by atoms with E-state index in [-0.39, 0.29) is 39.4 Å². The van der Waals surface area contributed by atoms with Crippen LogP contribution in [-0.2, 0) is 0 Å². The van der Waals surface area contributed by atoms with Crippen molar-refractivity contribution >= 4 is 11.6 Å². The number of fused-ring (bicyclic) bond motifs is 2. The first-order chi connectivity index (χ1) is 9.02. The first-order valence-corrected chi connectivity index (χ1v) is 5.66. The quantitative estimate of drug-likeness (QED) is 0.631.